The van der Waals surface area contributed by atoms with E-state index >= 15 is 0 Å². The molecule has 0 fully saturated rings. The molecule has 0 saturated heterocycles. The van der Waals surface area contributed by atoms with E-state index in [9.17, 15) is 4.79 Å². The average Bonchev–Trinajstić information content (AvgIpc) is 3.03. The lowest BCUT2D eigenvalue weighted by Gasteiger charge is -2.32. The molecule has 0 spiro atoms. The zero-order chi connectivity index (χ0) is 17.2. The molecular formula is C18H17N3O2S2. The van der Waals surface area contributed by atoms with Gasteiger partial charge in [-0.05, 0) is 31.2 Å². The van der Waals surface area contributed by atoms with E-state index in [1.54, 1.807) is 34.2 Å². The fourth-order valence-electron chi connectivity index (χ4n) is 2.78. The van der Waals surface area contributed by atoms with E-state index in [0.29, 0.717) is 18.2 Å². The molecule has 3 aromatic rings. The Hall–Kier alpha value is -2.12. The van der Waals surface area contributed by atoms with Crippen molar-refractivity contribution in [2.45, 2.75) is 18.8 Å². The maximum Gasteiger partial charge on any atom is 0.238 e. The second kappa shape index (κ2) is 7.01. The number of carbonyl (C=O) groups excluding carboxylic acids is 1. The summed E-state index contributed by atoms with van der Waals surface area (Å²) in [4.78, 5) is 23.3. The van der Waals surface area contributed by atoms with E-state index in [2.05, 4.69) is 16.0 Å². The second-order valence-electron chi connectivity index (χ2n) is 5.83. The van der Waals surface area contributed by atoms with E-state index in [-0.39, 0.29) is 12.0 Å². The number of hydrogen-bond acceptors (Lipinski definition) is 6. The molecular weight excluding hydrogens is 354 g/mol. The van der Waals surface area contributed by atoms with Gasteiger partial charge in [0, 0.05) is 11.9 Å². The molecule has 1 aliphatic heterocycles. The van der Waals surface area contributed by atoms with Gasteiger partial charge in [-0.1, -0.05) is 12.1 Å². The highest BCUT2D eigenvalue weighted by atomic mass is 32.2. The third kappa shape index (κ3) is 3.48. The molecule has 1 amide bonds. The Labute approximate surface area is 154 Å². The number of amides is 1. The monoisotopic (exact) mass is 371 g/mol. The Balaban J connectivity index is 1.40. The normalized spacial score (nSPS) is 16.5. The number of fused-ring (bicyclic) bond motifs is 2. The first-order valence-corrected chi connectivity index (χ1v) is 10.0. The number of para-hydroxylation sites is 1. The van der Waals surface area contributed by atoms with Crippen LogP contribution in [0.1, 0.15) is 11.9 Å². The first-order chi connectivity index (χ1) is 12.2. The van der Waals surface area contributed by atoms with Crippen molar-refractivity contribution in [3.05, 3.63) is 47.6 Å². The first kappa shape index (κ1) is 16.4. The summed E-state index contributed by atoms with van der Waals surface area (Å²) in [6.45, 7) is 2.51. The third-order valence-corrected chi connectivity index (χ3v) is 6.03. The van der Waals surface area contributed by atoms with E-state index in [4.69, 9.17) is 4.74 Å². The van der Waals surface area contributed by atoms with Crippen molar-refractivity contribution < 1.29 is 9.53 Å². The van der Waals surface area contributed by atoms with Crippen LogP contribution in [0.2, 0.25) is 0 Å². The van der Waals surface area contributed by atoms with Crippen molar-refractivity contribution in [3.63, 3.8) is 0 Å². The fraction of sp³-hybridized carbons (Fsp3) is 0.278. The Kier molecular flexibility index (Phi) is 4.59. The molecule has 0 bridgehead atoms. The van der Waals surface area contributed by atoms with Gasteiger partial charge in [0.05, 0.1) is 22.5 Å². The summed E-state index contributed by atoms with van der Waals surface area (Å²) >= 11 is 3.28. The van der Waals surface area contributed by atoms with Gasteiger partial charge < -0.3 is 9.64 Å². The van der Waals surface area contributed by atoms with Crippen LogP contribution in [0.4, 0.5) is 5.69 Å². The highest BCUT2D eigenvalue weighted by Crippen LogP contribution is 2.31. The Bertz CT molecular complexity index is 879. The van der Waals surface area contributed by atoms with Crippen LogP contribution in [0.15, 0.2) is 42.6 Å². The van der Waals surface area contributed by atoms with Crippen molar-refractivity contribution in [2.75, 3.05) is 17.2 Å². The summed E-state index contributed by atoms with van der Waals surface area (Å²) in [6, 6.07) is 11.8. The number of anilines is 1. The van der Waals surface area contributed by atoms with Crippen molar-refractivity contribution in [1.82, 2.24) is 9.97 Å². The second-order valence-corrected chi connectivity index (χ2v) is 7.93. The molecule has 7 heteroatoms. The molecule has 0 aliphatic carbocycles. The summed E-state index contributed by atoms with van der Waals surface area (Å²) in [6.07, 6.45) is 1.63. The molecule has 0 N–H and O–H groups in total. The quantitative estimate of drug-likeness (QED) is 0.699. The molecule has 5 nitrogen and oxygen atoms in total. The van der Waals surface area contributed by atoms with Gasteiger partial charge in [-0.2, -0.15) is 0 Å². The number of rotatable bonds is 4. The standard InChI is InChI=1S/C18H17N3O2S2/c1-12-9-21(14-6-4-8-19-18(14)23-12)17(22)11-24-10-16-20-13-5-2-3-7-15(13)25-16/h2-8,12H,9-11H2,1H3. The lowest BCUT2D eigenvalue weighted by atomic mass is 10.2. The molecule has 3 heterocycles. The van der Waals surface area contributed by atoms with Crippen molar-refractivity contribution in [3.8, 4) is 5.88 Å². The van der Waals surface area contributed by atoms with Gasteiger partial charge in [-0.3, -0.25) is 4.79 Å². The Morgan fingerprint density at radius 1 is 1.36 bits per heavy atom. The van der Waals surface area contributed by atoms with E-state index in [1.165, 1.54) is 4.70 Å². The summed E-state index contributed by atoms with van der Waals surface area (Å²) in [5.41, 5.74) is 1.78. The summed E-state index contributed by atoms with van der Waals surface area (Å²) in [5, 5.41) is 1.05. The third-order valence-electron chi connectivity index (χ3n) is 3.88. The minimum Gasteiger partial charge on any atom is -0.471 e. The Morgan fingerprint density at radius 2 is 2.24 bits per heavy atom. The van der Waals surface area contributed by atoms with Crippen LogP contribution in [-0.4, -0.2) is 34.3 Å². The van der Waals surface area contributed by atoms with Crippen LogP contribution in [0.25, 0.3) is 10.2 Å². The first-order valence-electron chi connectivity index (χ1n) is 8.05. The molecule has 2 aromatic heterocycles. The Morgan fingerprint density at radius 3 is 3.12 bits per heavy atom. The average molecular weight is 371 g/mol. The van der Waals surface area contributed by atoms with Gasteiger partial charge in [0.2, 0.25) is 11.8 Å². The van der Waals surface area contributed by atoms with E-state index < -0.39 is 0 Å². The van der Waals surface area contributed by atoms with Gasteiger partial charge in [0.25, 0.3) is 0 Å². The van der Waals surface area contributed by atoms with Crippen molar-refractivity contribution >= 4 is 44.9 Å². The smallest absolute Gasteiger partial charge is 0.238 e. The molecule has 0 saturated carbocycles. The van der Waals surface area contributed by atoms with E-state index in [0.717, 1.165) is 22.0 Å². The maximum absolute atomic E-state index is 12.7. The zero-order valence-corrected chi connectivity index (χ0v) is 15.3. The van der Waals surface area contributed by atoms with E-state index in [1.807, 2.05) is 37.3 Å². The van der Waals surface area contributed by atoms with Gasteiger partial charge in [-0.25, -0.2) is 9.97 Å². The van der Waals surface area contributed by atoms with Crippen LogP contribution in [-0.2, 0) is 10.5 Å². The molecule has 128 valence electrons. The topological polar surface area (TPSA) is 55.3 Å². The molecule has 1 atom stereocenters. The lowest BCUT2D eigenvalue weighted by molar-refractivity contribution is -0.116. The number of carbonyl (C=O) groups is 1. The molecule has 1 aliphatic rings. The van der Waals surface area contributed by atoms with Crippen LogP contribution >= 0.6 is 23.1 Å². The van der Waals surface area contributed by atoms with Crippen LogP contribution in [0.5, 0.6) is 5.88 Å². The fourth-order valence-corrected chi connectivity index (χ4v) is 4.70. The predicted octanol–water partition coefficient (Wildman–Crippen LogP) is 3.74. The number of benzene rings is 1. The molecule has 25 heavy (non-hydrogen) atoms. The predicted molar refractivity (Wildman–Crippen MR) is 102 cm³/mol. The highest BCUT2D eigenvalue weighted by molar-refractivity contribution is 7.99. The van der Waals surface area contributed by atoms with Gasteiger partial charge >= 0.3 is 0 Å². The molecule has 1 aromatic carbocycles. The summed E-state index contributed by atoms with van der Waals surface area (Å²) in [5.74, 6) is 1.77. The SMILES string of the molecule is CC1CN(C(=O)CSCc2nc3ccccc3s2)c2cccnc2O1. The maximum atomic E-state index is 12.7. The summed E-state index contributed by atoms with van der Waals surface area (Å²) < 4.78 is 6.89. The lowest BCUT2D eigenvalue weighted by Crippen LogP contribution is -2.43. The number of ether oxygens (including phenoxy) is 1. The largest absolute Gasteiger partial charge is 0.471 e. The number of thiazole rings is 1. The number of thioether (sulfide) groups is 1. The van der Waals surface area contributed by atoms with Gasteiger partial charge in [0.15, 0.2) is 0 Å². The number of pyridine rings is 1. The van der Waals surface area contributed by atoms with Crippen LogP contribution < -0.4 is 9.64 Å². The number of nitrogens with zero attached hydrogens (tertiary/aromatic N) is 3. The van der Waals surface area contributed by atoms with Crippen molar-refractivity contribution in [1.29, 1.82) is 0 Å². The molecule has 0 radical (unpaired) electrons. The number of aromatic nitrogens is 2. The van der Waals surface area contributed by atoms with Crippen LogP contribution in [0, 0.1) is 0 Å². The summed E-state index contributed by atoms with van der Waals surface area (Å²) in [7, 11) is 0. The zero-order valence-electron chi connectivity index (χ0n) is 13.7. The van der Waals surface area contributed by atoms with Gasteiger partial charge in [0.1, 0.15) is 16.8 Å². The highest BCUT2D eigenvalue weighted by Gasteiger charge is 2.28. The minimum atomic E-state index is -0.0550. The molecule has 1 unspecified atom stereocenters. The minimum absolute atomic E-state index is 0.0550. The molecule has 4 rings (SSSR count). The van der Waals surface area contributed by atoms with Gasteiger partial charge in [-0.15, -0.1) is 23.1 Å². The van der Waals surface area contributed by atoms with Crippen molar-refractivity contribution in [2.24, 2.45) is 0 Å². The van der Waals surface area contributed by atoms with Crippen LogP contribution in [0.3, 0.4) is 0 Å². The number of hydrogen-bond donors (Lipinski definition) is 0.